The molecule has 24 heavy (non-hydrogen) atoms. The van der Waals surface area contributed by atoms with Gasteiger partial charge in [-0.15, -0.1) is 0 Å². The molecule has 0 aliphatic heterocycles. The van der Waals surface area contributed by atoms with Gasteiger partial charge in [0.1, 0.15) is 11.4 Å². The lowest BCUT2D eigenvalue weighted by Gasteiger charge is -2.11. The number of carbonyl (C=O) groups is 1. The van der Waals surface area contributed by atoms with Gasteiger partial charge in [0.05, 0.1) is 6.04 Å². The minimum Gasteiger partial charge on any atom is -0.347 e. The smallest absolute Gasteiger partial charge is 0.282 e. The molecule has 1 N–H and O–H groups in total. The number of hydrogen-bond acceptors (Lipinski definition) is 2. The summed E-state index contributed by atoms with van der Waals surface area (Å²) in [6.07, 6.45) is 1.49. The molecule has 0 unspecified atom stereocenters. The highest BCUT2D eigenvalue weighted by Crippen LogP contribution is 2.41. The molecule has 1 aromatic carbocycles. The van der Waals surface area contributed by atoms with E-state index in [0.29, 0.717) is 12.5 Å². The van der Waals surface area contributed by atoms with E-state index < -0.39 is 6.43 Å². The third-order valence-electron chi connectivity index (χ3n) is 4.62. The molecule has 0 radical (unpaired) electrons. The molecule has 0 atom stereocenters. The third-order valence-corrected chi connectivity index (χ3v) is 4.62. The second kappa shape index (κ2) is 6.00. The zero-order valence-corrected chi connectivity index (χ0v) is 13.2. The van der Waals surface area contributed by atoms with Crippen molar-refractivity contribution in [1.82, 2.24) is 15.1 Å². The van der Waals surface area contributed by atoms with Gasteiger partial charge in [0.2, 0.25) is 0 Å². The Kier molecular flexibility index (Phi) is 3.82. The number of carbonyl (C=O) groups excluding carboxylic acids is 1. The number of amides is 1. The highest BCUT2D eigenvalue weighted by Gasteiger charge is 2.31. The average molecular weight is 331 g/mol. The van der Waals surface area contributed by atoms with E-state index in [1.807, 2.05) is 18.2 Å². The molecule has 4 rings (SSSR count). The van der Waals surface area contributed by atoms with Crippen molar-refractivity contribution in [3.05, 3.63) is 52.8 Å². The number of nitrogens with one attached hydrogen (secondary N) is 1. The van der Waals surface area contributed by atoms with Crippen molar-refractivity contribution >= 4 is 5.91 Å². The predicted molar refractivity (Wildman–Crippen MR) is 85.0 cm³/mol. The second-order valence-corrected chi connectivity index (χ2v) is 6.59. The van der Waals surface area contributed by atoms with Crippen LogP contribution in [0.1, 0.15) is 71.4 Å². The molecular weight excluding hydrogens is 312 g/mol. The van der Waals surface area contributed by atoms with Gasteiger partial charge in [-0.05, 0) is 48.8 Å². The van der Waals surface area contributed by atoms with Crippen molar-refractivity contribution in [2.75, 3.05) is 0 Å². The summed E-state index contributed by atoms with van der Waals surface area (Å²) in [5.41, 5.74) is 2.28. The summed E-state index contributed by atoms with van der Waals surface area (Å²) in [5.74, 6) is 0.257. The maximum absolute atomic E-state index is 12.9. The van der Waals surface area contributed by atoms with Gasteiger partial charge in [-0.3, -0.25) is 9.48 Å². The Labute approximate surface area is 138 Å². The van der Waals surface area contributed by atoms with Crippen molar-refractivity contribution in [2.45, 2.75) is 50.6 Å². The second-order valence-electron chi connectivity index (χ2n) is 6.59. The summed E-state index contributed by atoms with van der Waals surface area (Å²) < 4.78 is 27.3. The van der Waals surface area contributed by atoms with Gasteiger partial charge in [0.25, 0.3) is 12.3 Å². The molecule has 2 aliphatic rings. The van der Waals surface area contributed by atoms with E-state index in [4.69, 9.17) is 0 Å². The molecule has 2 saturated carbocycles. The molecule has 2 aliphatic carbocycles. The molecule has 126 valence electrons. The SMILES string of the molecule is O=C(NCc1ccccc1C1CC1)c1cc(C(F)F)nn1C1CC1. The molecule has 6 heteroatoms. The first-order valence-corrected chi connectivity index (χ1v) is 8.37. The van der Waals surface area contributed by atoms with Gasteiger partial charge in [-0.2, -0.15) is 5.10 Å². The van der Waals surface area contributed by atoms with Gasteiger partial charge in [0, 0.05) is 6.54 Å². The predicted octanol–water partition coefficient (Wildman–Crippen LogP) is 3.96. The molecule has 1 aromatic heterocycles. The van der Waals surface area contributed by atoms with E-state index in [0.717, 1.165) is 18.4 Å². The van der Waals surface area contributed by atoms with Gasteiger partial charge in [-0.25, -0.2) is 8.78 Å². The number of rotatable bonds is 6. The molecule has 4 nitrogen and oxygen atoms in total. The van der Waals surface area contributed by atoms with Gasteiger partial charge < -0.3 is 5.32 Å². The van der Waals surface area contributed by atoms with E-state index >= 15 is 0 Å². The first-order chi connectivity index (χ1) is 11.6. The molecule has 1 amide bonds. The van der Waals surface area contributed by atoms with Crippen LogP contribution in [0.5, 0.6) is 0 Å². The zero-order valence-electron chi connectivity index (χ0n) is 13.2. The fraction of sp³-hybridized carbons (Fsp3) is 0.444. The van der Waals surface area contributed by atoms with Gasteiger partial charge in [-0.1, -0.05) is 24.3 Å². The van der Waals surface area contributed by atoms with Crippen LogP contribution >= 0.6 is 0 Å². The molecular formula is C18H19F2N3O. The Morgan fingerprint density at radius 3 is 2.67 bits per heavy atom. The van der Waals surface area contributed by atoms with Gasteiger partial charge in [0.15, 0.2) is 0 Å². The zero-order chi connectivity index (χ0) is 16.7. The topological polar surface area (TPSA) is 46.9 Å². The molecule has 0 spiro atoms. The van der Waals surface area contributed by atoms with Crippen molar-refractivity contribution in [3.63, 3.8) is 0 Å². The van der Waals surface area contributed by atoms with Crippen LogP contribution in [0, 0.1) is 0 Å². The van der Waals surface area contributed by atoms with Crippen LogP contribution in [0.25, 0.3) is 0 Å². The number of halogens is 2. The molecule has 0 bridgehead atoms. The number of alkyl halides is 2. The Morgan fingerprint density at radius 2 is 2.00 bits per heavy atom. The molecule has 2 fully saturated rings. The molecule has 1 heterocycles. The summed E-state index contributed by atoms with van der Waals surface area (Å²) in [6, 6.07) is 9.37. The first kappa shape index (κ1) is 15.3. The van der Waals surface area contributed by atoms with Crippen molar-refractivity contribution in [1.29, 1.82) is 0 Å². The monoisotopic (exact) mass is 331 g/mol. The quantitative estimate of drug-likeness (QED) is 0.871. The van der Waals surface area contributed by atoms with Crippen LogP contribution in [0.4, 0.5) is 8.78 Å². The van der Waals surface area contributed by atoms with Crippen LogP contribution in [0.3, 0.4) is 0 Å². The van der Waals surface area contributed by atoms with Crippen molar-refractivity contribution < 1.29 is 13.6 Å². The van der Waals surface area contributed by atoms with Crippen LogP contribution in [-0.4, -0.2) is 15.7 Å². The summed E-state index contributed by atoms with van der Waals surface area (Å²) in [4.78, 5) is 12.5. The van der Waals surface area contributed by atoms with Crippen LogP contribution in [0.15, 0.2) is 30.3 Å². The van der Waals surface area contributed by atoms with Crippen LogP contribution in [-0.2, 0) is 6.54 Å². The van der Waals surface area contributed by atoms with E-state index in [-0.39, 0.29) is 23.3 Å². The Balaban J connectivity index is 1.50. The number of hydrogen-bond donors (Lipinski definition) is 1. The lowest BCUT2D eigenvalue weighted by atomic mass is 10.0. The maximum atomic E-state index is 12.9. The average Bonchev–Trinajstić information content (AvgIpc) is 3.50. The van der Waals surface area contributed by atoms with E-state index in [2.05, 4.69) is 16.5 Å². The number of nitrogens with zero attached hydrogens (tertiary/aromatic N) is 2. The Bertz CT molecular complexity index is 763. The maximum Gasteiger partial charge on any atom is 0.282 e. The Morgan fingerprint density at radius 1 is 1.25 bits per heavy atom. The number of benzene rings is 1. The summed E-state index contributed by atoms with van der Waals surface area (Å²) >= 11 is 0. The number of aromatic nitrogens is 2. The minimum absolute atomic E-state index is 0.0806. The van der Waals surface area contributed by atoms with Crippen LogP contribution < -0.4 is 5.32 Å². The third kappa shape index (κ3) is 3.05. The highest BCUT2D eigenvalue weighted by atomic mass is 19.3. The largest absolute Gasteiger partial charge is 0.347 e. The highest BCUT2D eigenvalue weighted by molar-refractivity contribution is 5.92. The minimum atomic E-state index is -2.66. The summed E-state index contributed by atoms with van der Waals surface area (Å²) in [5, 5.41) is 6.78. The first-order valence-electron chi connectivity index (χ1n) is 8.37. The lowest BCUT2D eigenvalue weighted by molar-refractivity contribution is 0.0939. The molecule has 0 saturated heterocycles. The fourth-order valence-corrected chi connectivity index (χ4v) is 3.04. The normalized spacial score (nSPS) is 17.3. The van der Waals surface area contributed by atoms with Crippen LogP contribution in [0.2, 0.25) is 0 Å². The van der Waals surface area contributed by atoms with Crippen molar-refractivity contribution in [3.8, 4) is 0 Å². The van der Waals surface area contributed by atoms with E-state index in [1.165, 1.54) is 29.2 Å². The van der Waals surface area contributed by atoms with Gasteiger partial charge >= 0.3 is 0 Å². The lowest BCUT2D eigenvalue weighted by Crippen LogP contribution is -2.26. The van der Waals surface area contributed by atoms with E-state index in [9.17, 15) is 13.6 Å². The van der Waals surface area contributed by atoms with E-state index in [1.54, 1.807) is 0 Å². The fourth-order valence-electron chi connectivity index (χ4n) is 3.04. The Hall–Kier alpha value is -2.24. The summed E-state index contributed by atoms with van der Waals surface area (Å²) in [7, 11) is 0. The standard InChI is InChI=1S/C18H19F2N3O/c19-17(20)15-9-16(23(22-15)13-7-8-13)18(24)21-10-12-3-1-2-4-14(12)11-5-6-11/h1-4,9,11,13,17H,5-8,10H2,(H,21,24). The molecule has 2 aromatic rings. The van der Waals surface area contributed by atoms with Crippen molar-refractivity contribution in [2.24, 2.45) is 0 Å². The summed E-state index contributed by atoms with van der Waals surface area (Å²) in [6.45, 7) is 0.408.